The molecule has 4 nitrogen and oxygen atoms in total. The molecule has 2 rings (SSSR count). The van der Waals surface area contributed by atoms with Crippen molar-refractivity contribution >= 4 is 16.7 Å². The third-order valence-corrected chi connectivity index (χ3v) is 1.89. The lowest BCUT2D eigenvalue weighted by atomic mass is 10.2. The Morgan fingerprint density at radius 2 is 2.33 bits per heavy atom. The molecule has 0 unspecified atom stereocenters. The fraction of sp³-hybridized carbons (Fsp3) is 0.250. The standard InChI is InChI=1S/C8H10N4/c1-5-7-3-6(9-2)4-10-8(7)12-11-5/h3-4,9H,1-2H3,(H,10,11,12). The van der Waals surface area contributed by atoms with Gasteiger partial charge < -0.3 is 5.32 Å². The van der Waals surface area contributed by atoms with Crippen molar-refractivity contribution in [2.24, 2.45) is 0 Å². The maximum Gasteiger partial charge on any atom is 0.181 e. The highest BCUT2D eigenvalue weighted by Gasteiger charge is 2.01. The minimum atomic E-state index is 0.770. The Labute approximate surface area is 70.0 Å². The highest BCUT2D eigenvalue weighted by Crippen LogP contribution is 2.16. The lowest BCUT2D eigenvalue weighted by Gasteiger charge is -1.97. The number of nitrogens with zero attached hydrogens (tertiary/aromatic N) is 2. The number of aryl methyl sites for hydroxylation is 1. The zero-order valence-corrected chi connectivity index (χ0v) is 7.05. The number of H-pyrrole nitrogens is 1. The lowest BCUT2D eigenvalue weighted by molar-refractivity contribution is 1.05. The van der Waals surface area contributed by atoms with Gasteiger partial charge in [0, 0.05) is 18.1 Å². The van der Waals surface area contributed by atoms with Crippen LogP contribution in [0, 0.1) is 6.92 Å². The first-order valence-electron chi connectivity index (χ1n) is 3.80. The van der Waals surface area contributed by atoms with Crippen LogP contribution >= 0.6 is 0 Å². The predicted octanol–water partition coefficient (Wildman–Crippen LogP) is 1.31. The van der Waals surface area contributed by atoms with Crippen LogP contribution in [0.4, 0.5) is 5.69 Å². The molecule has 2 aromatic rings. The molecule has 0 saturated carbocycles. The molecule has 0 radical (unpaired) electrons. The van der Waals surface area contributed by atoms with E-state index in [0.717, 1.165) is 22.4 Å². The number of hydrogen-bond donors (Lipinski definition) is 2. The zero-order chi connectivity index (χ0) is 8.55. The number of aromatic nitrogens is 3. The van der Waals surface area contributed by atoms with Gasteiger partial charge in [-0.1, -0.05) is 0 Å². The Morgan fingerprint density at radius 3 is 3.08 bits per heavy atom. The first kappa shape index (κ1) is 7.09. The van der Waals surface area contributed by atoms with Crippen molar-refractivity contribution in [3.8, 4) is 0 Å². The molecule has 2 heterocycles. The van der Waals surface area contributed by atoms with E-state index < -0.39 is 0 Å². The van der Waals surface area contributed by atoms with Crippen LogP contribution in [-0.4, -0.2) is 22.2 Å². The fourth-order valence-electron chi connectivity index (χ4n) is 1.16. The van der Waals surface area contributed by atoms with Crippen molar-refractivity contribution in [3.63, 3.8) is 0 Å². The van der Waals surface area contributed by atoms with E-state index >= 15 is 0 Å². The van der Waals surface area contributed by atoms with Gasteiger partial charge in [0.05, 0.1) is 11.9 Å². The highest BCUT2D eigenvalue weighted by atomic mass is 15.1. The van der Waals surface area contributed by atoms with Crippen LogP contribution < -0.4 is 5.32 Å². The number of anilines is 1. The zero-order valence-electron chi connectivity index (χ0n) is 7.05. The summed E-state index contributed by atoms with van der Waals surface area (Å²) in [5.41, 5.74) is 2.83. The van der Waals surface area contributed by atoms with Gasteiger partial charge in [-0.2, -0.15) is 5.10 Å². The molecule has 0 saturated heterocycles. The van der Waals surface area contributed by atoms with Gasteiger partial charge in [0.25, 0.3) is 0 Å². The molecule has 0 bridgehead atoms. The molecule has 0 aliphatic heterocycles. The van der Waals surface area contributed by atoms with Crippen molar-refractivity contribution in [2.45, 2.75) is 6.92 Å². The summed E-state index contributed by atoms with van der Waals surface area (Å²) in [5.74, 6) is 0. The Balaban J connectivity index is 2.71. The minimum absolute atomic E-state index is 0.770. The predicted molar refractivity (Wildman–Crippen MR) is 48.2 cm³/mol. The summed E-state index contributed by atoms with van der Waals surface area (Å²) in [7, 11) is 1.87. The highest BCUT2D eigenvalue weighted by molar-refractivity contribution is 5.80. The summed E-state index contributed by atoms with van der Waals surface area (Å²) in [6.07, 6.45) is 1.77. The topological polar surface area (TPSA) is 53.6 Å². The number of hydrogen-bond acceptors (Lipinski definition) is 3. The maximum absolute atomic E-state index is 4.17. The Bertz CT molecular complexity index is 404. The first-order chi connectivity index (χ1) is 5.81. The molecule has 0 atom stereocenters. The second-order valence-corrected chi connectivity index (χ2v) is 2.69. The van der Waals surface area contributed by atoms with Gasteiger partial charge in [0.2, 0.25) is 0 Å². The Morgan fingerprint density at radius 1 is 1.50 bits per heavy atom. The fourth-order valence-corrected chi connectivity index (χ4v) is 1.16. The minimum Gasteiger partial charge on any atom is -0.387 e. The van der Waals surface area contributed by atoms with Crippen LogP contribution in [0.2, 0.25) is 0 Å². The quantitative estimate of drug-likeness (QED) is 0.664. The van der Waals surface area contributed by atoms with E-state index in [4.69, 9.17) is 0 Å². The van der Waals surface area contributed by atoms with Crippen molar-refractivity contribution in [3.05, 3.63) is 18.0 Å². The number of fused-ring (bicyclic) bond motifs is 1. The Kier molecular flexibility index (Phi) is 1.46. The lowest BCUT2D eigenvalue weighted by Crippen LogP contribution is -1.88. The molecular formula is C8H10N4. The van der Waals surface area contributed by atoms with Crippen molar-refractivity contribution in [1.82, 2.24) is 15.2 Å². The van der Waals surface area contributed by atoms with Gasteiger partial charge in [0.15, 0.2) is 5.65 Å². The number of pyridine rings is 1. The summed E-state index contributed by atoms with van der Waals surface area (Å²) < 4.78 is 0. The van der Waals surface area contributed by atoms with E-state index in [1.165, 1.54) is 0 Å². The van der Waals surface area contributed by atoms with Gasteiger partial charge in [-0.25, -0.2) is 4.98 Å². The monoisotopic (exact) mass is 162 g/mol. The SMILES string of the molecule is CNc1cnc2n[nH]c(C)c2c1. The average molecular weight is 162 g/mol. The molecule has 0 amide bonds. The van der Waals surface area contributed by atoms with Gasteiger partial charge in [-0.3, -0.25) is 5.10 Å². The molecule has 2 N–H and O–H groups in total. The molecule has 0 spiro atoms. The van der Waals surface area contributed by atoms with Gasteiger partial charge in [-0.15, -0.1) is 0 Å². The van der Waals surface area contributed by atoms with Crippen LogP contribution in [0.25, 0.3) is 11.0 Å². The van der Waals surface area contributed by atoms with Crippen LogP contribution in [0.3, 0.4) is 0 Å². The van der Waals surface area contributed by atoms with Crippen LogP contribution in [0.5, 0.6) is 0 Å². The molecule has 2 aromatic heterocycles. The molecular weight excluding hydrogens is 152 g/mol. The third kappa shape index (κ3) is 0.922. The van der Waals surface area contributed by atoms with Crippen molar-refractivity contribution < 1.29 is 0 Å². The van der Waals surface area contributed by atoms with E-state index in [0.29, 0.717) is 0 Å². The van der Waals surface area contributed by atoms with Gasteiger partial charge in [0.1, 0.15) is 0 Å². The molecule has 0 aliphatic rings. The number of nitrogens with one attached hydrogen (secondary N) is 2. The summed E-state index contributed by atoms with van der Waals surface area (Å²) in [6, 6.07) is 2.03. The van der Waals surface area contributed by atoms with Crippen LogP contribution in [0.1, 0.15) is 5.69 Å². The molecule has 12 heavy (non-hydrogen) atoms. The smallest absolute Gasteiger partial charge is 0.181 e. The molecule has 0 fully saturated rings. The van der Waals surface area contributed by atoms with Crippen molar-refractivity contribution in [2.75, 3.05) is 12.4 Å². The molecule has 4 heteroatoms. The number of aromatic amines is 1. The summed E-state index contributed by atoms with van der Waals surface area (Å²) in [6.45, 7) is 1.98. The first-order valence-corrected chi connectivity index (χ1v) is 3.80. The van der Waals surface area contributed by atoms with Crippen LogP contribution in [0.15, 0.2) is 12.3 Å². The van der Waals surface area contributed by atoms with Gasteiger partial charge >= 0.3 is 0 Å². The van der Waals surface area contributed by atoms with E-state index in [9.17, 15) is 0 Å². The summed E-state index contributed by atoms with van der Waals surface area (Å²) in [5, 5.41) is 11.0. The van der Waals surface area contributed by atoms with Crippen LogP contribution in [-0.2, 0) is 0 Å². The number of rotatable bonds is 1. The average Bonchev–Trinajstić information content (AvgIpc) is 2.47. The summed E-state index contributed by atoms with van der Waals surface area (Å²) >= 11 is 0. The second kappa shape index (κ2) is 2.48. The third-order valence-electron chi connectivity index (χ3n) is 1.89. The normalized spacial score (nSPS) is 10.5. The van der Waals surface area contributed by atoms with E-state index in [2.05, 4.69) is 20.5 Å². The largest absolute Gasteiger partial charge is 0.387 e. The van der Waals surface area contributed by atoms with Gasteiger partial charge in [-0.05, 0) is 13.0 Å². The maximum atomic E-state index is 4.17. The molecule has 0 aromatic carbocycles. The van der Waals surface area contributed by atoms with E-state index in [1.807, 2.05) is 20.0 Å². The second-order valence-electron chi connectivity index (χ2n) is 2.69. The molecule has 0 aliphatic carbocycles. The van der Waals surface area contributed by atoms with E-state index in [1.54, 1.807) is 6.20 Å². The molecule has 62 valence electrons. The Hall–Kier alpha value is -1.58. The van der Waals surface area contributed by atoms with Crippen molar-refractivity contribution in [1.29, 1.82) is 0 Å². The van der Waals surface area contributed by atoms with E-state index in [-0.39, 0.29) is 0 Å². The summed E-state index contributed by atoms with van der Waals surface area (Å²) in [4.78, 5) is 4.17.